The van der Waals surface area contributed by atoms with Gasteiger partial charge in [-0.15, -0.1) is 11.3 Å². The predicted molar refractivity (Wildman–Crippen MR) is 84.1 cm³/mol. The lowest BCUT2D eigenvalue weighted by Crippen LogP contribution is -2.50. The van der Waals surface area contributed by atoms with Gasteiger partial charge in [0.05, 0.1) is 23.9 Å². The SMILES string of the molecule is CCOC(=O)C1=C(COC(=O)c2ccc(C)s2)NC(=O)N[C@H]1C. The van der Waals surface area contributed by atoms with Crippen LogP contribution >= 0.6 is 11.3 Å². The Morgan fingerprint density at radius 3 is 2.61 bits per heavy atom. The van der Waals surface area contributed by atoms with Crippen LogP contribution in [0.3, 0.4) is 0 Å². The van der Waals surface area contributed by atoms with E-state index in [-0.39, 0.29) is 24.5 Å². The zero-order valence-electron chi connectivity index (χ0n) is 13.1. The van der Waals surface area contributed by atoms with Gasteiger partial charge in [0.1, 0.15) is 11.5 Å². The molecule has 0 radical (unpaired) electrons. The molecule has 0 spiro atoms. The number of rotatable bonds is 5. The zero-order valence-corrected chi connectivity index (χ0v) is 13.9. The van der Waals surface area contributed by atoms with Gasteiger partial charge in [0.2, 0.25) is 0 Å². The fraction of sp³-hybridized carbons (Fsp3) is 0.400. The van der Waals surface area contributed by atoms with Crippen molar-refractivity contribution in [1.82, 2.24) is 10.6 Å². The van der Waals surface area contributed by atoms with Gasteiger partial charge in [-0.05, 0) is 32.9 Å². The Balaban J connectivity index is 2.15. The number of carbonyl (C=O) groups is 3. The topological polar surface area (TPSA) is 93.7 Å². The van der Waals surface area contributed by atoms with Gasteiger partial charge in [0.25, 0.3) is 0 Å². The minimum atomic E-state index is -0.550. The highest BCUT2D eigenvalue weighted by Crippen LogP contribution is 2.18. The third-order valence-electron chi connectivity index (χ3n) is 3.15. The van der Waals surface area contributed by atoms with Crippen LogP contribution < -0.4 is 10.6 Å². The van der Waals surface area contributed by atoms with Gasteiger partial charge in [-0.2, -0.15) is 0 Å². The second-order valence-corrected chi connectivity index (χ2v) is 6.21. The summed E-state index contributed by atoms with van der Waals surface area (Å²) in [6, 6.07) is 2.51. The monoisotopic (exact) mass is 338 g/mol. The van der Waals surface area contributed by atoms with Crippen molar-refractivity contribution >= 4 is 29.3 Å². The normalized spacial score (nSPS) is 17.3. The lowest BCUT2D eigenvalue weighted by Gasteiger charge is -2.26. The van der Waals surface area contributed by atoms with Gasteiger partial charge in [-0.25, -0.2) is 14.4 Å². The van der Waals surface area contributed by atoms with E-state index in [0.29, 0.717) is 4.88 Å². The van der Waals surface area contributed by atoms with Crippen molar-refractivity contribution in [1.29, 1.82) is 0 Å². The van der Waals surface area contributed by atoms with Crippen LogP contribution in [-0.2, 0) is 14.3 Å². The molecule has 0 saturated carbocycles. The fourth-order valence-corrected chi connectivity index (χ4v) is 2.91. The van der Waals surface area contributed by atoms with Crippen molar-refractivity contribution in [3.8, 4) is 0 Å². The van der Waals surface area contributed by atoms with Gasteiger partial charge in [0.15, 0.2) is 0 Å². The van der Waals surface area contributed by atoms with E-state index in [1.54, 1.807) is 19.9 Å². The van der Waals surface area contributed by atoms with Gasteiger partial charge >= 0.3 is 18.0 Å². The number of thiophene rings is 1. The molecule has 0 saturated heterocycles. The van der Waals surface area contributed by atoms with E-state index < -0.39 is 24.0 Å². The molecule has 1 aromatic heterocycles. The van der Waals surface area contributed by atoms with Crippen LogP contribution in [0.5, 0.6) is 0 Å². The third-order valence-corrected chi connectivity index (χ3v) is 4.14. The Hall–Kier alpha value is -2.35. The van der Waals surface area contributed by atoms with Crippen LogP contribution in [0, 0.1) is 6.92 Å². The van der Waals surface area contributed by atoms with Crippen LogP contribution in [0.4, 0.5) is 4.79 Å². The van der Waals surface area contributed by atoms with Gasteiger partial charge in [-0.1, -0.05) is 0 Å². The molecule has 2 rings (SSSR count). The summed E-state index contributed by atoms with van der Waals surface area (Å²) >= 11 is 1.32. The van der Waals surface area contributed by atoms with E-state index >= 15 is 0 Å². The largest absolute Gasteiger partial charge is 0.463 e. The Bertz CT molecular complexity index is 665. The highest BCUT2D eigenvalue weighted by atomic mass is 32.1. The molecule has 2 heterocycles. The van der Waals surface area contributed by atoms with E-state index in [2.05, 4.69) is 10.6 Å². The Kier molecular flexibility index (Phi) is 5.38. The van der Waals surface area contributed by atoms with Gasteiger partial charge in [0, 0.05) is 4.88 Å². The van der Waals surface area contributed by atoms with E-state index in [1.807, 2.05) is 13.0 Å². The van der Waals surface area contributed by atoms with Crippen LogP contribution in [0.15, 0.2) is 23.4 Å². The number of nitrogens with one attached hydrogen (secondary N) is 2. The predicted octanol–water partition coefficient (Wildman–Crippen LogP) is 1.73. The molecule has 2 amide bonds. The first-order valence-electron chi connectivity index (χ1n) is 7.13. The summed E-state index contributed by atoms with van der Waals surface area (Å²) in [5, 5.41) is 5.08. The molecule has 2 N–H and O–H groups in total. The molecule has 0 aliphatic carbocycles. The summed E-state index contributed by atoms with van der Waals surface area (Å²) in [6.45, 7) is 5.25. The standard InChI is InChI=1S/C15H18N2O5S/c1-4-21-14(19)12-9(3)16-15(20)17-10(12)7-22-13(18)11-6-5-8(2)23-11/h5-6,9H,4,7H2,1-3H3,(H2,16,17,20)/t9-/m0/s1. The summed E-state index contributed by atoms with van der Waals surface area (Å²) in [5.41, 5.74) is 0.489. The Morgan fingerprint density at radius 1 is 1.26 bits per heavy atom. The number of esters is 2. The second kappa shape index (κ2) is 7.28. The Labute approximate surface area is 137 Å². The number of amides is 2. The number of urea groups is 1. The fourth-order valence-electron chi connectivity index (χ4n) is 2.15. The summed E-state index contributed by atoms with van der Waals surface area (Å²) in [5.74, 6) is -1.05. The number of hydrogen-bond donors (Lipinski definition) is 2. The molecule has 0 unspecified atom stereocenters. The summed E-state index contributed by atoms with van der Waals surface area (Å²) in [7, 11) is 0. The minimum absolute atomic E-state index is 0.207. The van der Waals surface area contributed by atoms with E-state index in [0.717, 1.165) is 4.88 Å². The molecule has 1 aliphatic heterocycles. The van der Waals surface area contributed by atoms with Crippen LogP contribution in [-0.4, -0.2) is 37.2 Å². The summed E-state index contributed by atoms with van der Waals surface area (Å²) < 4.78 is 10.2. The van der Waals surface area contributed by atoms with Crippen molar-refractivity contribution in [2.75, 3.05) is 13.2 Å². The lowest BCUT2D eigenvalue weighted by molar-refractivity contribution is -0.139. The maximum absolute atomic E-state index is 12.0. The summed E-state index contributed by atoms with van der Waals surface area (Å²) in [6.07, 6.45) is 0. The van der Waals surface area contributed by atoms with Gasteiger partial charge in [-0.3, -0.25) is 0 Å². The third kappa shape index (κ3) is 4.10. The zero-order chi connectivity index (χ0) is 17.0. The smallest absolute Gasteiger partial charge is 0.348 e. The molecule has 1 aromatic rings. The first kappa shape index (κ1) is 17.0. The highest BCUT2D eigenvalue weighted by molar-refractivity contribution is 7.13. The molecule has 1 aliphatic rings. The maximum atomic E-state index is 12.0. The highest BCUT2D eigenvalue weighted by Gasteiger charge is 2.30. The van der Waals surface area contributed by atoms with Crippen molar-refractivity contribution in [3.63, 3.8) is 0 Å². The van der Waals surface area contributed by atoms with Crippen molar-refractivity contribution in [3.05, 3.63) is 33.2 Å². The van der Waals surface area contributed by atoms with Crippen molar-refractivity contribution < 1.29 is 23.9 Å². The van der Waals surface area contributed by atoms with E-state index in [9.17, 15) is 14.4 Å². The van der Waals surface area contributed by atoms with Gasteiger partial charge < -0.3 is 20.1 Å². The summed E-state index contributed by atoms with van der Waals surface area (Å²) in [4.78, 5) is 37.1. The van der Waals surface area contributed by atoms with Crippen LogP contribution in [0.25, 0.3) is 0 Å². The lowest BCUT2D eigenvalue weighted by atomic mass is 10.0. The van der Waals surface area contributed by atoms with Crippen LogP contribution in [0.2, 0.25) is 0 Å². The average Bonchev–Trinajstić information content (AvgIpc) is 2.91. The number of hydrogen-bond acceptors (Lipinski definition) is 6. The molecule has 1 atom stereocenters. The first-order valence-corrected chi connectivity index (χ1v) is 7.95. The van der Waals surface area contributed by atoms with Crippen LogP contribution in [0.1, 0.15) is 28.4 Å². The molecule has 0 fully saturated rings. The average molecular weight is 338 g/mol. The molecule has 8 heteroatoms. The molecular weight excluding hydrogens is 320 g/mol. The van der Waals surface area contributed by atoms with Crippen molar-refractivity contribution in [2.24, 2.45) is 0 Å². The Morgan fingerprint density at radius 2 is 2.00 bits per heavy atom. The van der Waals surface area contributed by atoms with E-state index in [1.165, 1.54) is 11.3 Å². The number of carbonyl (C=O) groups excluding carboxylic acids is 3. The molecule has 0 aromatic carbocycles. The minimum Gasteiger partial charge on any atom is -0.463 e. The quantitative estimate of drug-likeness (QED) is 0.798. The van der Waals surface area contributed by atoms with Crippen molar-refractivity contribution in [2.45, 2.75) is 26.8 Å². The second-order valence-electron chi connectivity index (χ2n) is 4.92. The molecule has 23 heavy (non-hydrogen) atoms. The molecular formula is C15H18N2O5S. The first-order chi connectivity index (χ1) is 10.9. The molecule has 7 nitrogen and oxygen atoms in total. The maximum Gasteiger partial charge on any atom is 0.348 e. The molecule has 0 bridgehead atoms. The number of ether oxygens (including phenoxy) is 2. The number of aryl methyl sites for hydroxylation is 1. The molecule has 124 valence electrons. The van der Waals surface area contributed by atoms with E-state index in [4.69, 9.17) is 9.47 Å².